The molecule has 0 bridgehead atoms. The first-order valence-corrected chi connectivity index (χ1v) is 6.39. The van der Waals surface area contributed by atoms with Crippen molar-refractivity contribution in [1.29, 1.82) is 0 Å². The third-order valence-electron chi connectivity index (χ3n) is 3.02. The van der Waals surface area contributed by atoms with Crippen molar-refractivity contribution in [2.75, 3.05) is 12.3 Å². The number of phenolic OH excluding ortho intramolecular Hbond substituents is 1. The average molecular weight is 271 g/mol. The molecule has 104 valence electrons. The number of aromatic nitrogens is 1. The third kappa shape index (κ3) is 3.06. The number of carbonyl (C=O) groups excluding carboxylic acids is 1. The van der Waals surface area contributed by atoms with Gasteiger partial charge in [-0.25, -0.2) is 0 Å². The number of pyridine rings is 1. The maximum absolute atomic E-state index is 12.5. The van der Waals surface area contributed by atoms with Crippen LogP contribution in [-0.2, 0) is 6.54 Å². The van der Waals surface area contributed by atoms with Crippen molar-refractivity contribution >= 4 is 11.6 Å². The fraction of sp³-hybridized carbons (Fsp3) is 0.200. The molecule has 0 saturated heterocycles. The molecule has 0 aliphatic heterocycles. The summed E-state index contributed by atoms with van der Waals surface area (Å²) in [7, 11) is 0. The largest absolute Gasteiger partial charge is 0.508 e. The van der Waals surface area contributed by atoms with E-state index in [9.17, 15) is 9.90 Å². The van der Waals surface area contributed by atoms with Crippen LogP contribution in [0.2, 0.25) is 0 Å². The lowest BCUT2D eigenvalue weighted by Crippen LogP contribution is -2.31. The van der Waals surface area contributed by atoms with Gasteiger partial charge >= 0.3 is 0 Å². The van der Waals surface area contributed by atoms with E-state index in [1.807, 2.05) is 25.1 Å². The van der Waals surface area contributed by atoms with Crippen molar-refractivity contribution < 1.29 is 9.90 Å². The van der Waals surface area contributed by atoms with Gasteiger partial charge in [0.1, 0.15) is 5.75 Å². The second kappa shape index (κ2) is 6.06. The second-order valence-electron chi connectivity index (χ2n) is 4.41. The SMILES string of the molecule is CCN(Cc1ccccn1)C(=O)c1cc(O)ccc1N. The number of carbonyl (C=O) groups is 1. The van der Waals surface area contributed by atoms with E-state index in [1.54, 1.807) is 11.1 Å². The molecule has 0 aliphatic carbocycles. The maximum atomic E-state index is 12.5. The third-order valence-corrected chi connectivity index (χ3v) is 3.02. The van der Waals surface area contributed by atoms with E-state index in [0.29, 0.717) is 24.3 Å². The van der Waals surface area contributed by atoms with Crippen molar-refractivity contribution in [3.8, 4) is 5.75 Å². The van der Waals surface area contributed by atoms with Crippen LogP contribution in [-0.4, -0.2) is 27.4 Å². The Morgan fingerprint density at radius 2 is 2.15 bits per heavy atom. The van der Waals surface area contributed by atoms with Crippen LogP contribution >= 0.6 is 0 Å². The summed E-state index contributed by atoms with van der Waals surface area (Å²) in [6.07, 6.45) is 1.69. The molecule has 0 saturated carbocycles. The zero-order valence-corrected chi connectivity index (χ0v) is 11.3. The van der Waals surface area contributed by atoms with Gasteiger partial charge in [-0.05, 0) is 37.3 Å². The fourth-order valence-corrected chi connectivity index (χ4v) is 1.91. The number of anilines is 1. The van der Waals surface area contributed by atoms with E-state index in [2.05, 4.69) is 4.98 Å². The first-order chi connectivity index (χ1) is 9.61. The summed E-state index contributed by atoms with van der Waals surface area (Å²) in [5.41, 5.74) is 7.27. The molecule has 5 heteroatoms. The number of rotatable bonds is 4. The first kappa shape index (κ1) is 13.9. The maximum Gasteiger partial charge on any atom is 0.256 e. The van der Waals surface area contributed by atoms with Gasteiger partial charge in [0, 0.05) is 18.4 Å². The number of hydrogen-bond acceptors (Lipinski definition) is 4. The molecule has 2 aromatic rings. The van der Waals surface area contributed by atoms with Crippen molar-refractivity contribution in [2.45, 2.75) is 13.5 Å². The molecule has 2 rings (SSSR count). The quantitative estimate of drug-likeness (QED) is 0.658. The van der Waals surface area contributed by atoms with Gasteiger partial charge in [0.2, 0.25) is 0 Å². The lowest BCUT2D eigenvalue weighted by Gasteiger charge is -2.21. The Hall–Kier alpha value is -2.56. The highest BCUT2D eigenvalue weighted by molar-refractivity contribution is 5.99. The van der Waals surface area contributed by atoms with E-state index < -0.39 is 0 Å². The minimum Gasteiger partial charge on any atom is -0.508 e. The van der Waals surface area contributed by atoms with Gasteiger partial charge in [-0.2, -0.15) is 0 Å². The Balaban J connectivity index is 2.23. The molecule has 0 radical (unpaired) electrons. The second-order valence-corrected chi connectivity index (χ2v) is 4.41. The van der Waals surface area contributed by atoms with Gasteiger partial charge < -0.3 is 15.7 Å². The monoisotopic (exact) mass is 271 g/mol. The van der Waals surface area contributed by atoms with Crippen molar-refractivity contribution in [2.24, 2.45) is 0 Å². The van der Waals surface area contributed by atoms with Gasteiger partial charge in [0.15, 0.2) is 0 Å². The summed E-state index contributed by atoms with van der Waals surface area (Å²) in [5, 5.41) is 9.49. The molecule has 1 heterocycles. The van der Waals surface area contributed by atoms with Crippen LogP contribution in [0.3, 0.4) is 0 Å². The summed E-state index contributed by atoms with van der Waals surface area (Å²) < 4.78 is 0. The predicted molar refractivity (Wildman–Crippen MR) is 77.2 cm³/mol. The molecular formula is C15H17N3O2. The number of aromatic hydroxyl groups is 1. The number of phenols is 1. The Bertz CT molecular complexity index is 599. The summed E-state index contributed by atoms with van der Waals surface area (Å²) in [6, 6.07) is 9.94. The Morgan fingerprint density at radius 1 is 1.35 bits per heavy atom. The Labute approximate surface area is 117 Å². The lowest BCUT2D eigenvalue weighted by molar-refractivity contribution is 0.0751. The van der Waals surface area contributed by atoms with E-state index in [4.69, 9.17) is 5.73 Å². The van der Waals surface area contributed by atoms with E-state index in [1.165, 1.54) is 18.2 Å². The van der Waals surface area contributed by atoms with E-state index in [-0.39, 0.29) is 11.7 Å². The van der Waals surface area contributed by atoms with Crippen molar-refractivity contribution in [3.63, 3.8) is 0 Å². The highest BCUT2D eigenvalue weighted by Crippen LogP contribution is 2.20. The van der Waals surface area contributed by atoms with Gasteiger partial charge in [0.05, 0.1) is 17.8 Å². The number of nitrogens with zero attached hydrogens (tertiary/aromatic N) is 2. The molecule has 0 spiro atoms. The van der Waals surface area contributed by atoms with Crippen LogP contribution in [0.25, 0.3) is 0 Å². The topological polar surface area (TPSA) is 79.5 Å². The van der Waals surface area contributed by atoms with E-state index >= 15 is 0 Å². The molecule has 0 aliphatic rings. The van der Waals surface area contributed by atoms with Crippen LogP contribution in [0.4, 0.5) is 5.69 Å². The summed E-state index contributed by atoms with van der Waals surface area (Å²) >= 11 is 0. The standard InChI is InChI=1S/C15H17N3O2/c1-2-18(10-11-5-3-4-8-17-11)15(20)13-9-12(19)6-7-14(13)16/h3-9,19H,2,10,16H2,1H3. The molecule has 1 amide bonds. The van der Waals surface area contributed by atoms with Crippen LogP contribution in [0.5, 0.6) is 5.75 Å². The fourth-order valence-electron chi connectivity index (χ4n) is 1.91. The highest BCUT2D eigenvalue weighted by atomic mass is 16.3. The molecular weight excluding hydrogens is 254 g/mol. The Kier molecular flexibility index (Phi) is 4.20. The van der Waals surface area contributed by atoms with Gasteiger partial charge in [-0.3, -0.25) is 9.78 Å². The van der Waals surface area contributed by atoms with E-state index in [0.717, 1.165) is 5.69 Å². The lowest BCUT2D eigenvalue weighted by atomic mass is 10.1. The molecule has 3 N–H and O–H groups in total. The zero-order valence-electron chi connectivity index (χ0n) is 11.3. The van der Waals surface area contributed by atoms with Crippen LogP contribution < -0.4 is 5.73 Å². The summed E-state index contributed by atoms with van der Waals surface area (Å²) in [6.45, 7) is 2.83. The number of nitrogen functional groups attached to an aromatic ring is 1. The Morgan fingerprint density at radius 3 is 2.80 bits per heavy atom. The summed E-state index contributed by atoms with van der Waals surface area (Å²) in [5.74, 6) is -0.192. The molecule has 0 unspecified atom stereocenters. The smallest absolute Gasteiger partial charge is 0.256 e. The minimum atomic E-state index is -0.216. The number of hydrogen-bond donors (Lipinski definition) is 2. The molecule has 0 atom stereocenters. The van der Waals surface area contributed by atoms with Crippen LogP contribution in [0.15, 0.2) is 42.6 Å². The molecule has 5 nitrogen and oxygen atoms in total. The van der Waals surface area contributed by atoms with Crippen LogP contribution in [0.1, 0.15) is 23.0 Å². The normalized spacial score (nSPS) is 10.2. The highest BCUT2D eigenvalue weighted by Gasteiger charge is 2.18. The average Bonchev–Trinajstić information content (AvgIpc) is 2.47. The van der Waals surface area contributed by atoms with Crippen LogP contribution in [0, 0.1) is 0 Å². The summed E-state index contributed by atoms with van der Waals surface area (Å²) in [4.78, 5) is 18.3. The molecule has 1 aromatic carbocycles. The number of nitrogens with two attached hydrogens (primary N) is 1. The van der Waals surface area contributed by atoms with Crippen molar-refractivity contribution in [1.82, 2.24) is 9.88 Å². The van der Waals surface area contributed by atoms with Gasteiger partial charge in [0.25, 0.3) is 5.91 Å². The zero-order chi connectivity index (χ0) is 14.5. The van der Waals surface area contributed by atoms with Gasteiger partial charge in [-0.15, -0.1) is 0 Å². The number of benzene rings is 1. The first-order valence-electron chi connectivity index (χ1n) is 6.39. The van der Waals surface area contributed by atoms with Crippen molar-refractivity contribution in [3.05, 3.63) is 53.9 Å². The molecule has 20 heavy (non-hydrogen) atoms. The predicted octanol–water partition coefficient (Wildman–Crippen LogP) is 2.03. The van der Waals surface area contributed by atoms with Gasteiger partial charge in [-0.1, -0.05) is 6.07 Å². The molecule has 1 aromatic heterocycles. The minimum absolute atomic E-state index is 0.0245. The molecule has 0 fully saturated rings. The number of amides is 1.